The molecule has 1 amide bonds. The first kappa shape index (κ1) is 17.9. The van der Waals surface area contributed by atoms with Gasteiger partial charge < -0.3 is 5.32 Å². The SMILES string of the molecule is Cn1c(=O)c2cc(NC(=O)CCc3ccc(Cl)cc3)cnc2n(C)c1=O. The number of carbonyl (C=O) groups is 1. The van der Waals surface area contributed by atoms with E-state index in [1.807, 2.05) is 12.1 Å². The van der Waals surface area contributed by atoms with Crippen LogP contribution in [0.1, 0.15) is 12.0 Å². The lowest BCUT2D eigenvalue weighted by Gasteiger charge is -2.09. The highest BCUT2D eigenvalue weighted by Gasteiger charge is 2.11. The number of rotatable bonds is 4. The molecule has 8 heteroatoms. The van der Waals surface area contributed by atoms with Gasteiger partial charge in [0, 0.05) is 25.5 Å². The zero-order valence-corrected chi connectivity index (χ0v) is 15.1. The summed E-state index contributed by atoms with van der Waals surface area (Å²) in [6.45, 7) is 0. The Hall–Kier alpha value is -2.93. The summed E-state index contributed by atoms with van der Waals surface area (Å²) in [7, 11) is 2.95. The predicted molar refractivity (Wildman–Crippen MR) is 101 cm³/mol. The molecule has 0 unspecified atom stereocenters. The molecule has 0 bridgehead atoms. The van der Waals surface area contributed by atoms with E-state index in [2.05, 4.69) is 10.3 Å². The number of fused-ring (bicyclic) bond motifs is 1. The van der Waals surface area contributed by atoms with Crippen molar-refractivity contribution in [3.63, 3.8) is 0 Å². The average molecular weight is 373 g/mol. The number of amides is 1. The van der Waals surface area contributed by atoms with Crippen LogP contribution in [0.25, 0.3) is 11.0 Å². The molecule has 26 heavy (non-hydrogen) atoms. The Kier molecular flexibility index (Phi) is 4.90. The molecule has 0 aliphatic carbocycles. The number of benzene rings is 1. The number of nitrogens with one attached hydrogen (secondary N) is 1. The van der Waals surface area contributed by atoms with Crippen molar-refractivity contribution in [2.24, 2.45) is 14.1 Å². The van der Waals surface area contributed by atoms with E-state index in [0.717, 1.165) is 10.1 Å². The fourth-order valence-electron chi connectivity index (χ4n) is 2.67. The van der Waals surface area contributed by atoms with Crippen LogP contribution in [0.4, 0.5) is 5.69 Å². The molecule has 1 N–H and O–H groups in total. The van der Waals surface area contributed by atoms with Gasteiger partial charge in [0.05, 0.1) is 17.3 Å². The summed E-state index contributed by atoms with van der Waals surface area (Å²) in [5.41, 5.74) is 0.791. The van der Waals surface area contributed by atoms with E-state index >= 15 is 0 Å². The largest absolute Gasteiger partial charge is 0.332 e. The van der Waals surface area contributed by atoms with Crippen LogP contribution in [0.5, 0.6) is 0 Å². The Bertz CT molecular complexity index is 1100. The maximum Gasteiger partial charge on any atom is 0.332 e. The second-order valence-electron chi connectivity index (χ2n) is 5.98. The second kappa shape index (κ2) is 7.13. The van der Waals surface area contributed by atoms with Crippen LogP contribution in [-0.2, 0) is 25.3 Å². The minimum atomic E-state index is -0.451. The number of aromatic nitrogens is 3. The second-order valence-corrected chi connectivity index (χ2v) is 6.41. The minimum Gasteiger partial charge on any atom is -0.325 e. The molecule has 1 aromatic carbocycles. The Balaban J connectivity index is 1.78. The Morgan fingerprint density at radius 2 is 1.85 bits per heavy atom. The summed E-state index contributed by atoms with van der Waals surface area (Å²) in [5.74, 6) is -0.192. The van der Waals surface area contributed by atoms with Crippen molar-refractivity contribution in [2.75, 3.05) is 5.32 Å². The third-order valence-electron chi connectivity index (χ3n) is 4.13. The molecule has 0 saturated heterocycles. The van der Waals surface area contributed by atoms with E-state index in [1.165, 1.54) is 23.9 Å². The van der Waals surface area contributed by atoms with Crippen molar-refractivity contribution in [3.8, 4) is 0 Å². The van der Waals surface area contributed by atoms with Gasteiger partial charge >= 0.3 is 5.69 Å². The number of hydrogen-bond donors (Lipinski definition) is 1. The normalized spacial score (nSPS) is 10.9. The minimum absolute atomic E-state index is 0.192. The highest BCUT2D eigenvalue weighted by Crippen LogP contribution is 2.14. The van der Waals surface area contributed by atoms with Crippen LogP contribution in [0.15, 0.2) is 46.1 Å². The molecule has 3 aromatic rings. The van der Waals surface area contributed by atoms with Gasteiger partial charge in [-0.05, 0) is 30.2 Å². The van der Waals surface area contributed by atoms with Gasteiger partial charge in [0.15, 0.2) is 0 Å². The maximum absolute atomic E-state index is 12.3. The molecular weight excluding hydrogens is 356 g/mol. The van der Waals surface area contributed by atoms with Crippen molar-refractivity contribution < 1.29 is 4.79 Å². The van der Waals surface area contributed by atoms with Gasteiger partial charge in [0.25, 0.3) is 5.56 Å². The average Bonchev–Trinajstić information content (AvgIpc) is 2.64. The first-order chi connectivity index (χ1) is 12.4. The van der Waals surface area contributed by atoms with Gasteiger partial charge in [0.2, 0.25) is 5.91 Å². The van der Waals surface area contributed by atoms with Crippen LogP contribution < -0.4 is 16.6 Å². The molecule has 0 fully saturated rings. The summed E-state index contributed by atoms with van der Waals surface area (Å²) >= 11 is 5.84. The van der Waals surface area contributed by atoms with Gasteiger partial charge in [-0.2, -0.15) is 0 Å². The molecule has 0 saturated carbocycles. The van der Waals surface area contributed by atoms with Crippen molar-refractivity contribution in [2.45, 2.75) is 12.8 Å². The maximum atomic E-state index is 12.3. The summed E-state index contributed by atoms with van der Waals surface area (Å²) in [6.07, 6.45) is 2.28. The first-order valence-electron chi connectivity index (χ1n) is 7.97. The van der Waals surface area contributed by atoms with Gasteiger partial charge in [0.1, 0.15) is 5.65 Å². The summed E-state index contributed by atoms with van der Waals surface area (Å²) in [5, 5.41) is 3.65. The van der Waals surface area contributed by atoms with Crippen LogP contribution >= 0.6 is 11.6 Å². The number of aryl methyl sites for hydroxylation is 2. The van der Waals surface area contributed by atoms with E-state index < -0.39 is 11.2 Å². The molecule has 3 rings (SSSR count). The van der Waals surface area contributed by atoms with E-state index in [0.29, 0.717) is 17.1 Å². The molecule has 0 radical (unpaired) electrons. The molecule has 0 atom stereocenters. The van der Waals surface area contributed by atoms with Crippen LogP contribution in [-0.4, -0.2) is 20.0 Å². The fraction of sp³-hybridized carbons (Fsp3) is 0.222. The Morgan fingerprint density at radius 1 is 1.15 bits per heavy atom. The summed E-state index contributed by atoms with van der Waals surface area (Å²) in [4.78, 5) is 40.5. The molecule has 0 spiro atoms. The van der Waals surface area contributed by atoms with Crippen LogP contribution in [0, 0.1) is 0 Å². The van der Waals surface area contributed by atoms with Gasteiger partial charge in [-0.15, -0.1) is 0 Å². The molecular formula is C18H17ClN4O3. The lowest BCUT2D eigenvalue weighted by molar-refractivity contribution is -0.116. The van der Waals surface area contributed by atoms with E-state index in [1.54, 1.807) is 19.2 Å². The fourth-order valence-corrected chi connectivity index (χ4v) is 2.79. The quantitative estimate of drug-likeness (QED) is 0.757. The van der Waals surface area contributed by atoms with Gasteiger partial charge in [-0.1, -0.05) is 23.7 Å². The smallest absolute Gasteiger partial charge is 0.325 e. The zero-order chi connectivity index (χ0) is 18.8. The molecule has 2 heterocycles. The molecule has 0 aliphatic rings. The number of pyridine rings is 1. The van der Waals surface area contributed by atoms with Crippen molar-refractivity contribution in [1.82, 2.24) is 14.1 Å². The number of nitrogens with zero attached hydrogens (tertiary/aromatic N) is 3. The van der Waals surface area contributed by atoms with Gasteiger partial charge in [-0.3, -0.25) is 18.7 Å². The van der Waals surface area contributed by atoms with Crippen molar-refractivity contribution in [1.29, 1.82) is 0 Å². The van der Waals surface area contributed by atoms with E-state index in [-0.39, 0.29) is 23.4 Å². The number of carbonyl (C=O) groups excluding carboxylic acids is 1. The lowest BCUT2D eigenvalue weighted by atomic mass is 10.1. The van der Waals surface area contributed by atoms with Crippen molar-refractivity contribution in [3.05, 3.63) is 68.0 Å². The third-order valence-corrected chi connectivity index (χ3v) is 4.38. The molecule has 2 aromatic heterocycles. The number of halogens is 1. The molecule has 7 nitrogen and oxygen atoms in total. The molecule has 134 valence electrons. The summed E-state index contributed by atoms with van der Waals surface area (Å²) < 4.78 is 2.30. The lowest BCUT2D eigenvalue weighted by Crippen LogP contribution is -2.37. The van der Waals surface area contributed by atoms with E-state index in [9.17, 15) is 14.4 Å². The topological polar surface area (TPSA) is 86.0 Å². The number of hydrogen-bond acceptors (Lipinski definition) is 4. The highest BCUT2D eigenvalue weighted by molar-refractivity contribution is 6.30. The van der Waals surface area contributed by atoms with Crippen molar-refractivity contribution >= 4 is 34.2 Å². The summed E-state index contributed by atoms with van der Waals surface area (Å²) in [6, 6.07) is 8.84. The Morgan fingerprint density at radius 3 is 2.54 bits per heavy atom. The zero-order valence-electron chi connectivity index (χ0n) is 14.3. The van der Waals surface area contributed by atoms with E-state index in [4.69, 9.17) is 11.6 Å². The number of anilines is 1. The monoisotopic (exact) mass is 372 g/mol. The Labute approximate surface area is 153 Å². The highest BCUT2D eigenvalue weighted by atomic mass is 35.5. The standard InChI is InChI=1S/C18H17ClN4O3/c1-22-16-14(17(25)23(2)18(22)26)9-13(10-20-16)21-15(24)8-5-11-3-6-12(19)7-4-11/h3-4,6-7,9-10H,5,8H2,1-2H3,(H,21,24). The third kappa shape index (κ3) is 3.52. The first-order valence-corrected chi connectivity index (χ1v) is 8.34. The van der Waals surface area contributed by atoms with Crippen LogP contribution in [0.3, 0.4) is 0 Å². The predicted octanol–water partition coefficient (Wildman–Crippen LogP) is 1.86. The van der Waals surface area contributed by atoms with Gasteiger partial charge in [-0.25, -0.2) is 9.78 Å². The molecule has 0 aliphatic heterocycles. The van der Waals surface area contributed by atoms with Crippen LogP contribution in [0.2, 0.25) is 5.02 Å².